The van der Waals surface area contributed by atoms with Crippen LogP contribution in [0.2, 0.25) is 0 Å². The first-order valence-corrected chi connectivity index (χ1v) is 6.32. The topological polar surface area (TPSA) is 64.4 Å². The van der Waals surface area contributed by atoms with Crippen LogP contribution in [0.1, 0.15) is 18.7 Å². The summed E-state index contributed by atoms with van der Waals surface area (Å²) in [5.41, 5.74) is 2.21. The summed E-state index contributed by atoms with van der Waals surface area (Å²) in [5.74, 6) is 0.527. The molecule has 0 spiro atoms. The highest BCUT2D eigenvalue weighted by atomic mass is 16.5. The Hall–Kier alpha value is -2.04. The third kappa shape index (κ3) is 2.16. The molecule has 1 aromatic heterocycles. The highest BCUT2D eigenvalue weighted by molar-refractivity contribution is 5.81. The largest absolute Gasteiger partial charge is 0.469 e. The molecule has 1 aliphatic carbocycles. The van der Waals surface area contributed by atoms with E-state index in [0.717, 1.165) is 29.6 Å². The van der Waals surface area contributed by atoms with E-state index in [1.807, 2.05) is 25.1 Å². The minimum absolute atomic E-state index is 0.127. The Bertz CT molecular complexity index is 629. The number of aromatic nitrogens is 1. The molecule has 1 fully saturated rings. The van der Waals surface area contributed by atoms with Gasteiger partial charge < -0.3 is 14.5 Å². The molecule has 0 radical (unpaired) electrons. The number of esters is 1. The van der Waals surface area contributed by atoms with Crippen LogP contribution in [0.4, 0.5) is 5.69 Å². The summed E-state index contributed by atoms with van der Waals surface area (Å²) in [6.07, 6.45) is 1.77. The first kappa shape index (κ1) is 12.0. The Morgan fingerprint density at radius 2 is 2.32 bits per heavy atom. The molecule has 1 aromatic carbocycles. The van der Waals surface area contributed by atoms with Crippen molar-refractivity contribution in [3.05, 3.63) is 24.1 Å². The maximum atomic E-state index is 11.6. The first-order chi connectivity index (χ1) is 9.13. The van der Waals surface area contributed by atoms with Crippen molar-refractivity contribution < 1.29 is 13.9 Å². The van der Waals surface area contributed by atoms with E-state index in [9.17, 15) is 4.79 Å². The third-order valence-electron chi connectivity index (χ3n) is 3.60. The summed E-state index contributed by atoms with van der Waals surface area (Å²) in [4.78, 5) is 15.9. The molecule has 0 atom stereocenters. The molecule has 1 saturated carbocycles. The summed E-state index contributed by atoms with van der Waals surface area (Å²) in [7, 11) is 1.44. The summed E-state index contributed by atoms with van der Waals surface area (Å²) >= 11 is 0. The highest BCUT2D eigenvalue weighted by Crippen LogP contribution is 2.46. The van der Waals surface area contributed by atoms with Crippen molar-refractivity contribution in [2.24, 2.45) is 5.41 Å². The fraction of sp³-hybridized carbons (Fsp3) is 0.429. The average molecular weight is 260 g/mol. The third-order valence-corrected chi connectivity index (χ3v) is 3.60. The van der Waals surface area contributed by atoms with Crippen LogP contribution in [0, 0.1) is 12.3 Å². The van der Waals surface area contributed by atoms with E-state index < -0.39 is 0 Å². The number of carbonyl (C=O) groups is 1. The minimum Gasteiger partial charge on any atom is -0.469 e. The van der Waals surface area contributed by atoms with Gasteiger partial charge in [-0.2, -0.15) is 0 Å². The number of carbonyl (C=O) groups excluding carboxylic acids is 1. The molecule has 1 N–H and O–H groups in total. The molecular formula is C14H16N2O3. The number of aryl methyl sites for hydroxylation is 1. The second-order valence-corrected chi connectivity index (χ2v) is 5.04. The van der Waals surface area contributed by atoms with Gasteiger partial charge in [-0.25, -0.2) is 4.98 Å². The molecule has 1 heterocycles. The van der Waals surface area contributed by atoms with Gasteiger partial charge in [0.15, 0.2) is 11.5 Å². The van der Waals surface area contributed by atoms with Crippen molar-refractivity contribution in [3.63, 3.8) is 0 Å². The van der Waals surface area contributed by atoms with Gasteiger partial charge in [0.2, 0.25) is 0 Å². The number of rotatable bonds is 4. The summed E-state index contributed by atoms with van der Waals surface area (Å²) in [6, 6.07) is 5.74. The van der Waals surface area contributed by atoms with Crippen molar-refractivity contribution >= 4 is 22.8 Å². The van der Waals surface area contributed by atoms with E-state index >= 15 is 0 Å². The van der Waals surface area contributed by atoms with E-state index in [-0.39, 0.29) is 11.4 Å². The van der Waals surface area contributed by atoms with E-state index in [4.69, 9.17) is 9.15 Å². The second kappa shape index (κ2) is 4.26. The lowest BCUT2D eigenvalue weighted by Gasteiger charge is -2.14. The number of fused-ring (bicyclic) bond motifs is 1. The van der Waals surface area contributed by atoms with Crippen LogP contribution >= 0.6 is 0 Å². The molecule has 0 aliphatic heterocycles. The number of nitrogens with one attached hydrogen (secondary N) is 1. The number of hydrogen-bond acceptors (Lipinski definition) is 5. The van der Waals surface area contributed by atoms with Crippen LogP contribution in [0.15, 0.2) is 22.6 Å². The van der Waals surface area contributed by atoms with Crippen molar-refractivity contribution in [2.75, 3.05) is 19.0 Å². The molecular weight excluding hydrogens is 244 g/mol. The molecule has 0 unspecified atom stereocenters. The Kier molecular flexibility index (Phi) is 2.69. The molecule has 2 aromatic rings. The van der Waals surface area contributed by atoms with Crippen LogP contribution in [-0.2, 0) is 9.53 Å². The lowest BCUT2D eigenvalue weighted by molar-refractivity contribution is -0.146. The standard InChI is InChI=1S/C14H16N2O3/c1-9-16-11-7-10(3-4-12(11)19-9)15-8-14(5-6-14)13(17)18-2/h3-4,7,15H,5-6,8H2,1-2H3. The highest BCUT2D eigenvalue weighted by Gasteiger charge is 2.50. The van der Waals surface area contributed by atoms with E-state index in [1.54, 1.807) is 0 Å². The number of benzene rings is 1. The van der Waals surface area contributed by atoms with Gasteiger partial charge in [0.05, 0.1) is 12.5 Å². The fourth-order valence-corrected chi connectivity index (χ4v) is 2.24. The van der Waals surface area contributed by atoms with Gasteiger partial charge in [0.1, 0.15) is 5.52 Å². The quantitative estimate of drug-likeness (QED) is 0.856. The van der Waals surface area contributed by atoms with Crippen molar-refractivity contribution in [1.82, 2.24) is 4.98 Å². The number of nitrogens with zero attached hydrogens (tertiary/aromatic N) is 1. The number of ether oxygens (including phenoxy) is 1. The predicted molar refractivity (Wildman–Crippen MR) is 70.9 cm³/mol. The Balaban J connectivity index is 1.73. The van der Waals surface area contributed by atoms with E-state index in [1.165, 1.54) is 7.11 Å². The molecule has 3 rings (SSSR count). The monoisotopic (exact) mass is 260 g/mol. The van der Waals surface area contributed by atoms with Crippen LogP contribution in [0.3, 0.4) is 0 Å². The zero-order valence-electron chi connectivity index (χ0n) is 11.0. The van der Waals surface area contributed by atoms with Gasteiger partial charge in [0.25, 0.3) is 0 Å². The second-order valence-electron chi connectivity index (χ2n) is 5.04. The van der Waals surface area contributed by atoms with E-state index in [0.29, 0.717) is 12.4 Å². The van der Waals surface area contributed by atoms with Gasteiger partial charge in [-0.15, -0.1) is 0 Å². The van der Waals surface area contributed by atoms with E-state index in [2.05, 4.69) is 10.3 Å². The summed E-state index contributed by atoms with van der Waals surface area (Å²) in [5, 5.41) is 3.28. The average Bonchev–Trinajstić information content (AvgIpc) is 3.11. The lowest BCUT2D eigenvalue weighted by Crippen LogP contribution is -2.25. The molecule has 1 aliphatic rings. The Labute approximate surface area is 111 Å². The molecule has 0 bridgehead atoms. The van der Waals surface area contributed by atoms with Crippen molar-refractivity contribution in [3.8, 4) is 0 Å². The zero-order valence-corrected chi connectivity index (χ0v) is 11.0. The van der Waals surface area contributed by atoms with Gasteiger partial charge in [-0.1, -0.05) is 0 Å². The summed E-state index contributed by atoms with van der Waals surface area (Å²) in [6.45, 7) is 2.42. The van der Waals surface area contributed by atoms with Crippen molar-refractivity contribution in [1.29, 1.82) is 0 Å². The molecule has 100 valence electrons. The smallest absolute Gasteiger partial charge is 0.313 e. The molecule has 0 saturated heterocycles. The molecule has 5 nitrogen and oxygen atoms in total. The van der Waals surface area contributed by atoms with Crippen LogP contribution in [0.25, 0.3) is 11.1 Å². The molecule has 0 amide bonds. The maximum Gasteiger partial charge on any atom is 0.313 e. The SMILES string of the molecule is COC(=O)C1(CNc2ccc3oc(C)nc3c2)CC1. The molecule has 5 heteroatoms. The molecule has 19 heavy (non-hydrogen) atoms. The van der Waals surface area contributed by atoms with Gasteiger partial charge >= 0.3 is 5.97 Å². The number of hydrogen-bond donors (Lipinski definition) is 1. The summed E-state index contributed by atoms with van der Waals surface area (Å²) < 4.78 is 10.3. The van der Waals surface area contributed by atoms with Gasteiger partial charge in [-0.3, -0.25) is 4.79 Å². The van der Waals surface area contributed by atoms with Crippen LogP contribution in [0.5, 0.6) is 0 Å². The number of anilines is 1. The Morgan fingerprint density at radius 3 is 3.00 bits per heavy atom. The number of oxazole rings is 1. The fourth-order valence-electron chi connectivity index (χ4n) is 2.24. The Morgan fingerprint density at radius 1 is 1.53 bits per heavy atom. The predicted octanol–water partition coefficient (Wildman–Crippen LogP) is 2.50. The minimum atomic E-state index is -0.330. The lowest BCUT2D eigenvalue weighted by atomic mass is 10.1. The van der Waals surface area contributed by atoms with Crippen LogP contribution < -0.4 is 5.32 Å². The number of methoxy groups -OCH3 is 1. The first-order valence-electron chi connectivity index (χ1n) is 6.32. The van der Waals surface area contributed by atoms with Gasteiger partial charge in [0, 0.05) is 19.2 Å². The van der Waals surface area contributed by atoms with Gasteiger partial charge in [-0.05, 0) is 31.0 Å². The normalized spacial score (nSPS) is 16.3. The van der Waals surface area contributed by atoms with Crippen molar-refractivity contribution in [2.45, 2.75) is 19.8 Å². The van der Waals surface area contributed by atoms with Crippen LogP contribution in [-0.4, -0.2) is 24.6 Å². The maximum absolute atomic E-state index is 11.6. The zero-order chi connectivity index (χ0) is 13.5.